The Hall–Kier alpha value is -1.55. The highest BCUT2D eigenvalue weighted by Crippen LogP contribution is 2.22. The smallest absolute Gasteiger partial charge is 0.260 e. The summed E-state index contributed by atoms with van der Waals surface area (Å²) in [6, 6.07) is 5.74. The number of aliphatic hydroxyl groups is 1. The van der Waals surface area contributed by atoms with Gasteiger partial charge in [-0.25, -0.2) is 0 Å². The van der Waals surface area contributed by atoms with E-state index in [0.717, 1.165) is 31.2 Å². The molecule has 0 radical (unpaired) electrons. The third-order valence-electron chi connectivity index (χ3n) is 4.43. The monoisotopic (exact) mass is 291 g/mol. The number of carbonyl (C=O) groups is 1. The summed E-state index contributed by atoms with van der Waals surface area (Å²) in [7, 11) is 1.76. The van der Waals surface area contributed by atoms with Gasteiger partial charge in [0.05, 0.1) is 12.1 Å². The summed E-state index contributed by atoms with van der Waals surface area (Å²) >= 11 is 0. The highest BCUT2D eigenvalue weighted by Gasteiger charge is 2.29. The number of benzene rings is 1. The zero-order valence-corrected chi connectivity index (χ0v) is 13.1. The molecular weight excluding hydrogens is 266 g/mol. The van der Waals surface area contributed by atoms with Gasteiger partial charge in [0, 0.05) is 7.05 Å². The fourth-order valence-electron chi connectivity index (χ4n) is 2.78. The van der Waals surface area contributed by atoms with Crippen molar-refractivity contribution in [2.45, 2.75) is 51.7 Å². The van der Waals surface area contributed by atoms with E-state index < -0.39 is 6.10 Å². The molecule has 0 saturated heterocycles. The van der Waals surface area contributed by atoms with E-state index in [1.165, 1.54) is 5.56 Å². The van der Waals surface area contributed by atoms with Gasteiger partial charge in [-0.05, 0) is 49.9 Å². The Kier molecular flexibility index (Phi) is 5.23. The van der Waals surface area contributed by atoms with E-state index in [4.69, 9.17) is 4.74 Å². The van der Waals surface area contributed by atoms with Crippen molar-refractivity contribution in [1.82, 2.24) is 4.90 Å². The molecule has 0 aliphatic heterocycles. The molecule has 2 unspecified atom stereocenters. The molecule has 0 bridgehead atoms. The van der Waals surface area contributed by atoms with Crippen molar-refractivity contribution in [3.05, 3.63) is 29.3 Å². The number of nitrogens with zero attached hydrogens (tertiary/aromatic N) is 1. The van der Waals surface area contributed by atoms with E-state index in [1.54, 1.807) is 11.9 Å². The molecule has 1 aromatic rings. The molecule has 0 aromatic heterocycles. The molecule has 1 fully saturated rings. The van der Waals surface area contributed by atoms with Gasteiger partial charge in [0.1, 0.15) is 5.75 Å². The van der Waals surface area contributed by atoms with Crippen molar-refractivity contribution in [3.63, 3.8) is 0 Å². The van der Waals surface area contributed by atoms with E-state index in [0.29, 0.717) is 5.75 Å². The molecule has 2 atom stereocenters. The number of carbonyl (C=O) groups excluding carboxylic acids is 1. The van der Waals surface area contributed by atoms with Crippen LogP contribution in [0.2, 0.25) is 0 Å². The van der Waals surface area contributed by atoms with E-state index in [9.17, 15) is 9.90 Å². The maximum Gasteiger partial charge on any atom is 0.260 e. The first-order valence-electron chi connectivity index (χ1n) is 7.63. The zero-order chi connectivity index (χ0) is 15.4. The molecule has 1 aromatic carbocycles. The number of rotatable bonds is 4. The first-order chi connectivity index (χ1) is 9.99. The topological polar surface area (TPSA) is 49.8 Å². The van der Waals surface area contributed by atoms with Crippen LogP contribution in [-0.4, -0.2) is 41.7 Å². The maximum absolute atomic E-state index is 12.2. The lowest BCUT2D eigenvalue weighted by molar-refractivity contribution is -0.137. The number of hydrogen-bond acceptors (Lipinski definition) is 3. The van der Waals surface area contributed by atoms with Crippen molar-refractivity contribution in [2.75, 3.05) is 13.7 Å². The van der Waals surface area contributed by atoms with Crippen LogP contribution < -0.4 is 4.74 Å². The quantitative estimate of drug-likeness (QED) is 0.927. The molecule has 1 aliphatic rings. The summed E-state index contributed by atoms with van der Waals surface area (Å²) in [5.74, 6) is 0.628. The fraction of sp³-hybridized carbons (Fsp3) is 0.588. The Labute approximate surface area is 126 Å². The number of hydrogen-bond donors (Lipinski definition) is 1. The first-order valence-corrected chi connectivity index (χ1v) is 7.63. The lowest BCUT2D eigenvalue weighted by Gasteiger charge is -2.35. The molecule has 1 aliphatic carbocycles. The second-order valence-electron chi connectivity index (χ2n) is 5.96. The number of likely N-dealkylation sites (N-methyl/N-ethyl adjacent to an activating group) is 1. The van der Waals surface area contributed by atoms with Gasteiger partial charge in [-0.2, -0.15) is 0 Å². The molecule has 4 heteroatoms. The summed E-state index contributed by atoms with van der Waals surface area (Å²) in [6.45, 7) is 4.08. The molecule has 21 heavy (non-hydrogen) atoms. The Bertz CT molecular complexity index is 501. The SMILES string of the molecule is Cc1ccc(OCC(=O)N(C)C2CCCCC2O)cc1C. The van der Waals surface area contributed by atoms with Crippen LogP contribution >= 0.6 is 0 Å². The third kappa shape index (κ3) is 3.97. The van der Waals surface area contributed by atoms with Gasteiger partial charge >= 0.3 is 0 Å². The Morgan fingerprint density at radius 3 is 2.67 bits per heavy atom. The fourth-order valence-corrected chi connectivity index (χ4v) is 2.78. The standard InChI is InChI=1S/C17H25NO3/c1-12-8-9-14(10-13(12)2)21-11-17(20)18(3)15-6-4-5-7-16(15)19/h8-10,15-16,19H,4-7,11H2,1-3H3. The summed E-state index contributed by atoms with van der Waals surface area (Å²) in [5.41, 5.74) is 2.35. The predicted octanol–water partition coefficient (Wildman–Crippen LogP) is 2.44. The van der Waals surface area contributed by atoms with Gasteiger partial charge in [0.25, 0.3) is 5.91 Å². The number of amides is 1. The number of ether oxygens (including phenoxy) is 1. The Morgan fingerprint density at radius 2 is 2.00 bits per heavy atom. The van der Waals surface area contributed by atoms with Crippen molar-refractivity contribution >= 4 is 5.91 Å². The highest BCUT2D eigenvalue weighted by molar-refractivity contribution is 5.77. The lowest BCUT2D eigenvalue weighted by atomic mass is 9.91. The largest absolute Gasteiger partial charge is 0.484 e. The van der Waals surface area contributed by atoms with Crippen LogP contribution in [0.15, 0.2) is 18.2 Å². The molecular formula is C17H25NO3. The normalized spacial score (nSPS) is 21.9. The molecule has 1 N–H and O–H groups in total. The summed E-state index contributed by atoms with van der Waals surface area (Å²) in [4.78, 5) is 13.8. The van der Waals surface area contributed by atoms with Crippen LogP contribution in [0.4, 0.5) is 0 Å². The molecule has 1 amide bonds. The second kappa shape index (κ2) is 6.94. The Balaban J connectivity index is 1.89. The van der Waals surface area contributed by atoms with E-state index in [2.05, 4.69) is 0 Å². The van der Waals surface area contributed by atoms with Crippen molar-refractivity contribution in [3.8, 4) is 5.75 Å². The summed E-state index contributed by atoms with van der Waals surface area (Å²) in [6.07, 6.45) is 3.35. The van der Waals surface area contributed by atoms with Crippen LogP contribution in [0.1, 0.15) is 36.8 Å². The number of aryl methyl sites for hydroxylation is 2. The maximum atomic E-state index is 12.2. The molecule has 4 nitrogen and oxygen atoms in total. The minimum absolute atomic E-state index is 0.0161. The van der Waals surface area contributed by atoms with Crippen LogP contribution in [0.25, 0.3) is 0 Å². The minimum Gasteiger partial charge on any atom is -0.484 e. The predicted molar refractivity (Wildman–Crippen MR) is 82.4 cm³/mol. The number of aliphatic hydroxyl groups excluding tert-OH is 1. The van der Waals surface area contributed by atoms with E-state index >= 15 is 0 Å². The average Bonchev–Trinajstić information content (AvgIpc) is 2.48. The van der Waals surface area contributed by atoms with Gasteiger partial charge in [-0.15, -0.1) is 0 Å². The molecule has 1 saturated carbocycles. The summed E-state index contributed by atoms with van der Waals surface area (Å²) in [5, 5.41) is 10.0. The first kappa shape index (κ1) is 15.8. The average molecular weight is 291 g/mol. The molecule has 116 valence electrons. The van der Waals surface area contributed by atoms with Gasteiger partial charge in [-0.1, -0.05) is 18.9 Å². The highest BCUT2D eigenvalue weighted by atomic mass is 16.5. The molecule has 0 spiro atoms. The van der Waals surface area contributed by atoms with E-state index in [1.807, 2.05) is 32.0 Å². The molecule has 0 heterocycles. The minimum atomic E-state index is -0.408. The van der Waals surface area contributed by atoms with E-state index in [-0.39, 0.29) is 18.6 Å². The third-order valence-corrected chi connectivity index (χ3v) is 4.43. The van der Waals surface area contributed by atoms with Crippen molar-refractivity contribution < 1.29 is 14.6 Å². The van der Waals surface area contributed by atoms with Crippen LogP contribution in [0, 0.1) is 13.8 Å². The van der Waals surface area contributed by atoms with Crippen molar-refractivity contribution in [1.29, 1.82) is 0 Å². The summed E-state index contributed by atoms with van der Waals surface area (Å²) < 4.78 is 5.58. The van der Waals surface area contributed by atoms with Crippen molar-refractivity contribution in [2.24, 2.45) is 0 Å². The second-order valence-corrected chi connectivity index (χ2v) is 5.96. The van der Waals surface area contributed by atoms with Gasteiger partial charge in [0.2, 0.25) is 0 Å². The van der Waals surface area contributed by atoms with Crippen LogP contribution in [0.5, 0.6) is 5.75 Å². The van der Waals surface area contributed by atoms with Crippen LogP contribution in [0.3, 0.4) is 0 Å². The Morgan fingerprint density at radius 1 is 1.29 bits per heavy atom. The van der Waals surface area contributed by atoms with Gasteiger partial charge in [-0.3, -0.25) is 4.79 Å². The zero-order valence-electron chi connectivity index (χ0n) is 13.1. The lowest BCUT2D eigenvalue weighted by Crippen LogP contribution is -2.47. The molecule has 2 rings (SSSR count). The van der Waals surface area contributed by atoms with Gasteiger partial charge in [0.15, 0.2) is 6.61 Å². The van der Waals surface area contributed by atoms with Crippen LogP contribution in [-0.2, 0) is 4.79 Å². The van der Waals surface area contributed by atoms with Gasteiger partial charge < -0.3 is 14.7 Å².